The zero-order valence-electron chi connectivity index (χ0n) is 7.95. The number of hydrogen-bond acceptors (Lipinski definition) is 3. The smallest absolute Gasteiger partial charge is 0.264 e. The average molecular weight is 235 g/mol. The van der Waals surface area contributed by atoms with Crippen molar-refractivity contribution in [2.45, 2.75) is 13.5 Å². The molecule has 0 radical (unpaired) electrons. The fraction of sp³-hybridized carbons (Fsp3) is 0.333. The fourth-order valence-electron chi connectivity index (χ4n) is 0.940. The molecule has 1 aromatic rings. The third-order valence-corrected chi connectivity index (χ3v) is 2.53. The van der Waals surface area contributed by atoms with Gasteiger partial charge in [-0.05, 0) is 24.1 Å². The highest BCUT2D eigenvalue weighted by Crippen LogP contribution is 2.18. The lowest BCUT2D eigenvalue weighted by Gasteiger charge is -2.04. The zero-order chi connectivity index (χ0) is 10.8. The summed E-state index contributed by atoms with van der Waals surface area (Å²) in [6.07, 6.45) is 1.01. The van der Waals surface area contributed by atoms with E-state index in [4.69, 9.17) is 11.6 Å². The van der Waals surface area contributed by atoms with Gasteiger partial charge in [-0.3, -0.25) is 4.18 Å². The van der Waals surface area contributed by atoms with Gasteiger partial charge in [0, 0.05) is 5.02 Å². The van der Waals surface area contributed by atoms with Gasteiger partial charge >= 0.3 is 0 Å². The summed E-state index contributed by atoms with van der Waals surface area (Å²) in [6.45, 7) is 1.89. The van der Waals surface area contributed by atoms with Crippen molar-refractivity contribution < 1.29 is 12.6 Å². The van der Waals surface area contributed by atoms with E-state index in [0.29, 0.717) is 10.6 Å². The van der Waals surface area contributed by atoms with E-state index in [1.807, 2.05) is 13.0 Å². The molecule has 5 heteroatoms. The summed E-state index contributed by atoms with van der Waals surface area (Å²) >= 11 is 5.88. The lowest BCUT2D eigenvalue weighted by molar-refractivity contribution is 0.312. The van der Waals surface area contributed by atoms with E-state index >= 15 is 0 Å². The van der Waals surface area contributed by atoms with Crippen molar-refractivity contribution in [3.8, 4) is 0 Å². The molecular weight excluding hydrogens is 224 g/mol. The molecule has 0 fully saturated rings. The molecule has 0 heterocycles. The van der Waals surface area contributed by atoms with Crippen LogP contribution in [0.25, 0.3) is 0 Å². The highest BCUT2D eigenvalue weighted by atomic mass is 35.5. The maximum Gasteiger partial charge on any atom is 0.264 e. The SMILES string of the molecule is Cc1ccc(COS(C)(=O)=O)c(Cl)c1. The zero-order valence-corrected chi connectivity index (χ0v) is 9.52. The van der Waals surface area contributed by atoms with Crippen LogP contribution in [0.4, 0.5) is 0 Å². The molecular formula is C9H11ClO3S. The summed E-state index contributed by atoms with van der Waals surface area (Å²) in [5.74, 6) is 0. The molecule has 0 N–H and O–H groups in total. The molecule has 0 aromatic heterocycles. The topological polar surface area (TPSA) is 43.4 Å². The van der Waals surface area contributed by atoms with Gasteiger partial charge in [0.25, 0.3) is 10.1 Å². The van der Waals surface area contributed by atoms with Gasteiger partial charge in [0.1, 0.15) is 0 Å². The van der Waals surface area contributed by atoms with Gasteiger partial charge in [0.15, 0.2) is 0 Å². The number of benzene rings is 1. The van der Waals surface area contributed by atoms with Gasteiger partial charge in [-0.25, -0.2) is 0 Å². The van der Waals surface area contributed by atoms with Crippen LogP contribution in [0.3, 0.4) is 0 Å². The summed E-state index contributed by atoms with van der Waals surface area (Å²) in [7, 11) is -3.41. The van der Waals surface area contributed by atoms with E-state index in [1.54, 1.807) is 12.1 Å². The molecule has 78 valence electrons. The van der Waals surface area contributed by atoms with E-state index < -0.39 is 10.1 Å². The molecule has 0 aliphatic carbocycles. The Morgan fingerprint density at radius 3 is 2.57 bits per heavy atom. The molecule has 0 amide bonds. The molecule has 14 heavy (non-hydrogen) atoms. The molecule has 0 atom stereocenters. The minimum atomic E-state index is -3.41. The first kappa shape index (κ1) is 11.5. The second kappa shape index (κ2) is 4.29. The van der Waals surface area contributed by atoms with Crippen molar-refractivity contribution in [1.29, 1.82) is 0 Å². The van der Waals surface area contributed by atoms with Gasteiger partial charge in [0.05, 0.1) is 12.9 Å². The van der Waals surface area contributed by atoms with Crippen LogP contribution in [0.2, 0.25) is 5.02 Å². The maximum absolute atomic E-state index is 10.7. The van der Waals surface area contributed by atoms with Gasteiger partial charge in [0.2, 0.25) is 0 Å². The van der Waals surface area contributed by atoms with Crippen molar-refractivity contribution in [3.63, 3.8) is 0 Å². The minimum absolute atomic E-state index is 0.0159. The molecule has 0 bridgehead atoms. The molecule has 0 saturated heterocycles. The molecule has 0 unspecified atom stereocenters. The van der Waals surface area contributed by atoms with Crippen LogP contribution in [-0.2, 0) is 20.9 Å². The van der Waals surface area contributed by atoms with Gasteiger partial charge in [-0.1, -0.05) is 23.7 Å². The highest BCUT2D eigenvalue weighted by molar-refractivity contribution is 7.85. The number of hydrogen-bond donors (Lipinski definition) is 0. The van der Waals surface area contributed by atoms with Crippen LogP contribution < -0.4 is 0 Å². The second-order valence-corrected chi connectivity index (χ2v) is 5.11. The maximum atomic E-state index is 10.7. The summed E-state index contributed by atoms with van der Waals surface area (Å²) in [5, 5.41) is 0.522. The third-order valence-electron chi connectivity index (χ3n) is 1.64. The van der Waals surface area contributed by atoms with Gasteiger partial charge in [-0.15, -0.1) is 0 Å². The van der Waals surface area contributed by atoms with Crippen molar-refractivity contribution in [1.82, 2.24) is 0 Å². The average Bonchev–Trinajstić information content (AvgIpc) is 2.00. The van der Waals surface area contributed by atoms with Crippen molar-refractivity contribution in [2.24, 2.45) is 0 Å². The predicted octanol–water partition coefficient (Wildman–Crippen LogP) is 2.12. The molecule has 0 aliphatic rings. The normalized spacial score (nSPS) is 11.6. The van der Waals surface area contributed by atoms with E-state index in [-0.39, 0.29) is 6.61 Å². The van der Waals surface area contributed by atoms with Gasteiger partial charge < -0.3 is 0 Å². The molecule has 1 aromatic carbocycles. The minimum Gasteiger partial charge on any atom is -0.265 e. The lowest BCUT2D eigenvalue weighted by atomic mass is 10.2. The van der Waals surface area contributed by atoms with Crippen molar-refractivity contribution >= 4 is 21.7 Å². The summed E-state index contributed by atoms with van der Waals surface area (Å²) in [5.41, 5.74) is 1.70. The van der Waals surface area contributed by atoms with Crippen LogP contribution in [0, 0.1) is 6.92 Å². The summed E-state index contributed by atoms with van der Waals surface area (Å²) < 4.78 is 26.1. The van der Waals surface area contributed by atoms with Crippen LogP contribution in [0.15, 0.2) is 18.2 Å². The standard InChI is InChI=1S/C9H11ClO3S/c1-7-3-4-8(9(10)5-7)6-13-14(2,11)12/h3-5H,6H2,1-2H3. The van der Waals surface area contributed by atoms with Gasteiger partial charge in [-0.2, -0.15) is 8.42 Å². The van der Waals surface area contributed by atoms with Crippen LogP contribution in [0.1, 0.15) is 11.1 Å². The first-order valence-corrected chi connectivity index (χ1v) is 6.17. The summed E-state index contributed by atoms with van der Waals surface area (Å²) in [6, 6.07) is 5.37. The molecule has 3 nitrogen and oxygen atoms in total. The number of halogens is 1. The highest BCUT2D eigenvalue weighted by Gasteiger charge is 2.05. The Morgan fingerprint density at radius 2 is 2.07 bits per heavy atom. The first-order chi connectivity index (χ1) is 6.38. The summed E-state index contributed by atoms with van der Waals surface area (Å²) in [4.78, 5) is 0. The molecule has 0 aliphatic heterocycles. The quantitative estimate of drug-likeness (QED) is 0.753. The predicted molar refractivity (Wildman–Crippen MR) is 55.8 cm³/mol. The van der Waals surface area contributed by atoms with Crippen LogP contribution >= 0.6 is 11.6 Å². The number of rotatable bonds is 3. The monoisotopic (exact) mass is 234 g/mol. The van der Waals surface area contributed by atoms with Crippen molar-refractivity contribution in [2.75, 3.05) is 6.26 Å². The molecule has 1 rings (SSSR count). The lowest BCUT2D eigenvalue weighted by Crippen LogP contribution is -2.03. The van der Waals surface area contributed by atoms with Crippen LogP contribution in [0.5, 0.6) is 0 Å². The molecule has 0 spiro atoms. The number of aryl methyl sites for hydroxylation is 1. The van der Waals surface area contributed by atoms with Crippen molar-refractivity contribution in [3.05, 3.63) is 34.3 Å². The Hall–Kier alpha value is -0.580. The Balaban J connectivity index is 2.78. The third kappa shape index (κ3) is 3.65. The second-order valence-electron chi connectivity index (χ2n) is 3.06. The molecule has 0 saturated carbocycles. The Kier molecular flexibility index (Phi) is 3.53. The fourth-order valence-corrected chi connectivity index (χ4v) is 1.57. The first-order valence-electron chi connectivity index (χ1n) is 3.98. The van der Waals surface area contributed by atoms with E-state index in [1.165, 1.54) is 0 Å². The van der Waals surface area contributed by atoms with E-state index in [2.05, 4.69) is 4.18 Å². The van der Waals surface area contributed by atoms with E-state index in [9.17, 15) is 8.42 Å². The van der Waals surface area contributed by atoms with E-state index in [0.717, 1.165) is 11.8 Å². The largest absolute Gasteiger partial charge is 0.265 e. The Bertz CT molecular complexity index is 426. The Labute approximate surface area is 88.8 Å². The van der Waals surface area contributed by atoms with Crippen LogP contribution in [-0.4, -0.2) is 14.7 Å². The Morgan fingerprint density at radius 1 is 1.43 bits per heavy atom.